The minimum atomic E-state index is 0.101. The molecular formula is C17H16N6O3. The molecule has 0 amide bonds. The van der Waals surface area contributed by atoms with E-state index in [1.54, 1.807) is 12.4 Å². The summed E-state index contributed by atoms with van der Waals surface area (Å²) < 4.78 is 12.2. The Labute approximate surface area is 148 Å². The predicted molar refractivity (Wildman–Crippen MR) is 93.8 cm³/mol. The minimum Gasteiger partial charge on any atom is -0.494 e. The zero-order valence-corrected chi connectivity index (χ0v) is 13.7. The highest BCUT2D eigenvalue weighted by atomic mass is 16.6. The SMILES string of the molecule is Nc1nonc1-c1nc2cnccc2n1-c1ccc(OCCCO)cc1. The number of nitrogens with two attached hydrogens (primary N) is 1. The van der Waals surface area contributed by atoms with Crippen molar-refractivity contribution in [3.8, 4) is 23.0 Å². The van der Waals surface area contributed by atoms with Gasteiger partial charge in [0.1, 0.15) is 11.3 Å². The largest absolute Gasteiger partial charge is 0.494 e. The average molecular weight is 352 g/mol. The van der Waals surface area contributed by atoms with Gasteiger partial charge in [-0.1, -0.05) is 0 Å². The Morgan fingerprint density at radius 3 is 2.73 bits per heavy atom. The van der Waals surface area contributed by atoms with Gasteiger partial charge in [-0.15, -0.1) is 0 Å². The van der Waals surface area contributed by atoms with Gasteiger partial charge in [-0.3, -0.25) is 9.55 Å². The third-order valence-corrected chi connectivity index (χ3v) is 3.85. The number of fused-ring (bicyclic) bond motifs is 1. The molecule has 9 nitrogen and oxygen atoms in total. The molecule has 3 N–H and O–H groups in total. The maximum absolute atomic E-state index is 8.83. The number of anilines is 1. The summed E-state index contributed by atoms with van der Waals surface area (Å²) in [6, 6.07) is 9.38. The lowest BCUT2D eigenvalue weighted by Gasteiger charge is -2.10. The molecular weight excluding hydrogens is 336 g/mol. The Morgan fingerprint density at radius 2 is 2.00 bits per heavy atom. The van der Waals surface area contributed by atoms with Gasteiger partial charge >= 0.3 is 0 Å². The van der Waals surface area contributed by atoms with Gasteiger partial charge in [0.2, 0.25) is 0 Å². The third-order valence-electron chi connectivity index (χ3n) is 3.85. The van der Waals surface area contributed by atoms with Crippen LogP contribution in [-0.4, -0.2) is 43.2 Å². The Morgan fingerprint density at radius 1 is 1.15 bits per heavy atom. The quantitative estimate of drug-likeness (QED) is 0.503. The zero-order chi connectivity index (χ0) is 17.9. The number of rotatable bonds is 6. The summed E-state index contributed by atoms with van der Waals surface area (Å²) in [4.78, 5) is 8.69. The second-order valence-corrected chi connectivity index (χ2v) is 5.55. The van der Waals surface area contributed by atoms with E-state index in [2.05, 4.69) is 20.3 Å². The van der Waals surface area contributed by atoms with Gasteiger partial charge in [0.15, 0.2) is 17.3 Å². The van der Waals surface area contributed by atoms with E-state index in [4.69, 9.17) is 20.2 Å². The molecule has 132 valence electrons. The van der Waals surface area contributed by atoms with Crippen LogP contribution >= 0.6 is 0 Å². The number of aromatic nitrogens is 5. The molecule has 26 heavy (non-hydrogen) atoms. The maximum atomic E-state index is 8.83. The van der Waals surface area contributed by atoms with Crippen LogP contribution in [-0.2, 0) is 0 Å². The number of nitrogen functional groups attached to an aromatic ring is 1. The fourth-order valence-electron chi connectivity index (χ4n) is 2.65. The molecule has 1 aromatic carbocycles. The normalized spacial score (nSPS) is 11.1. The molecule has 0 spiro atoms. The molecule has 0 aliphatic rings. The van der Waals surface area contributed by atoms with Crippen molar-refractivity contribution < 1.29 is 14.5 Å². The van der Waals surface area contributed by atoms with Gasteiger partial charge in [-0.05, 0) is 40.6 Å². The number of hydrogen-bond acceptors (Lipinski definition) is 8. The van der Waals surface area contributed by atoms with E-state index in [0.717, 1.165) is 17.0 Å². The fraction of sp³-hybridized carbons (Fsp3) is 0.176. The lowest BCUT2D eigenvalue weighted by molar-refractivity contribution is 0.233. The molecule has 0 unspecified atom stereocenters. The minimum absolute atomic E-state index is 0.101. The number of imidazole rings is 1. The standard InChI is InChI=1S/C17H16N6O3/c18-16-15(21-26-22-16)17-20-13-10-19-7-6-14(13)23(17)11-2-4-12(5-3-11)25-9-1-8-24/h2-7,10,24H,1,8-9H2,(H2,18,22). The van der Waals surface area contributed by atoms with Gasteiger partial charge in [0, 0.05) is 24.9 Å². The summed E-state index contributed by atoms with van der Waals surface area (Å²) in [5.41, 5.74) is 8.63. The molecule has 0 aliphatic carbocycles. The van der Waals surface area contributed by atoms with Gasteiger partial charge < -0.3 is 15.6 Å². The van der Waals surface area contributed by atoms with Crippen LogP contribution in [0.25, 0.3) is 28.2 Å². The molecule has 0 radical (unpaired) electrons. The van der Waals surface area contributed by atoms with E-state index in [1.807, 2.05) is 34.9 Å². The fourth-order valence-corrected chi connectivity index (χ4v) is 2.65. The van der Waals surface area contributed by atoms with Crippen molar-refractivity contribution in [1.29, 1.82) is 0 Å². The number of benzene rings is 1. The first-order chi connectivity index (χ1) is 12.8. The smallest absolute Gasteiger partial charge is 0.199 e. The Kier molecular flexibility index (Phi) is 4.20. The summed E-state index contributed by atoms with van der Waals surface area (Å²) in [5, 5.41) is 16.3. The zero-order valence-electron chi connectivity index (χ0n) is 13.7. The summed E-state index contributed by atoms with van der Waals surface area (Å²) in [5.74, 6) is 1.40. The van der Waals surface area contributed by atoms with E-state index >= 15 is 0 Å². The molecule has 0 aliphatic heterocycles. The third kappa shape index (κ3) is 2.84. The molecule has 3 aromatic heterocycles. The molecule has 3 heterocycles. The van der Waals surface area contributed by atoms with Crippen LogP contribution in [0.5, 0.6) is 5.75 Å². The van der Waals surface area contributed by atoms with Crippen LogP contribution in [0.3, 0.4) is 0 Å². The number of pyridine rings is 1. The van der Waals surface area contributed by atoms with Crippen molar-refractivity contribution in [3.63, 3.8) is 0 Å². The number of nitrogens with zero attached hydrogens (tertiary/aromatic N) is 5. The molecule has 0 fully saturated rings. The van der Waals surface area contributed by atoms with Crippen molar-refractivity contribution in [2.24, 2.45) is 0 Å². The lowest BCUT2D eigenvalue weighted by atomic mass is 10.2. The van der Waals surface area contributed by atoms with Gasteiger partial charge in [-0.25, -0.2) is 9.61 Å². The maximum Gasteiger partial charge on any atom is 0.199 e. The Balaban J connectivity index is 1.79. The first kappa shape index (κ1) is 16.0. The lowest BCUT2D eigenvalue weighted by Crippen LogP contribution is -2.01. The highest BCUT2D eigenvalue weighted by Gasteiger charge is 2.20. The van der Waals surface area contributed by atoms with Crippen molar-refractivity contribution >= 4 is 16.9 Å². The van der Waals surface area contributed by atoms with Crippen LogP contribution in [0.4, 0.5) is 5.82 Å². The van der Waals surface area contributed by atoms with Crippen LogP contribution in [0.2, 0.25) is 0 Å². The molecule has 0 saturated carbocycles. The topological polar surface area (TPSA) is 125 Å². The summed E-state index contributed by atoms with van der Waals surface area (Å²) in [6.07, 6.45) is 3.95. The molecule has 9 heteroatoms. The summed E-state index contributed by atoms with van der Waals surface area (Å²) in [7, 11) is 0. The number of aliphatic hydroxyl groups is 1. The van der Waals surface area contributed by atoms with Gasteiger partial charge in [0.25, 0.3) is 0 Å². The second kappa shape index (κ2) is 6.81. The van der Waals surface area contributed by atoms with Crippen LogP contribution in [0, 0.1) is 0 Å². The summed E-state index contributed by atoms with van der Waals surface area (Å²) >= 11 is 0. The van der Waals surface area contributed by atoms with E-state index in [-0.39, 0.29) is 12.4 Å². The molecule has 0 atom stereocenters. The van der Waals surface area contributed by atoms with E-state index < -0.39 is 0 Å². The molecule has 0 saturated heterocycles. The highest BCUT2D eigenvalue weighted by molar-refractivity contribution is 5.83. The first-order valence-electron chi connectivity index (χ1n) is 8.03. The number of aliphatic hydroxyl groups excluding tert-OH is 1. The Hall–Kier alpha value is -3.46. The molecule has 0 bridgehead atoms. The summed E-state index contributed by atoms with van der Waals surface area (Å²) in [6.45, 7) is 0.561. The van der Waals surface area contributed by atoms with Crippen molar-refractivity contribution in [2.45, 2.75) is 6.42 Å². The van der Waals surface area contributed by atoms with Gasteiger partial charge in [0.05, 0.1) is 18.3 Å². The van der Waals surface area contributed by atoms with Crippen LogP contribution < -0.4 is 10.5 Å². The predicted octanol–water partition coefficient (Wildman–Crippen LogP) is 1.81. The number of hydrogen-bond donors (Lipinski definition) is 2. The monoisotopic (exact) mass is 352 g/mol. The van der Waals surface area contributed by atoms with E-state index in [1.165, 1.54) is 0 Å². The van der Waals surface area contributed by atoms with Crippen molar-refractivity contribution in [2.75, 3.05) is 18.9 Å². The molecule has 4 rings (SSSR count). The van der Waals surface area contributed by atoms with Crippen molar-refractivity contribution in [3.05, 3.63) is 42.7 Å². The molecule has 4 aromatic rings. The van der Waals surface area contributed by atoms with Gasteiger partial charge in [-0.2, -0.15) is 0 Å². The second-order valence-electron chi connectivity index (χ2n) is 5.55. The first-order valence-corrected chi connectivity index (χ1v) is 8.03. The van der Waals surface area contributed by atoms with Crippen molar-refractivity contribution in [1.82, 2.24) is 24.8 Å². The van der Waals surface area contributed by atoms with Crippen LogP contribution in [0.15, 0.2) is 47.4 Å². The average Bonchev–Trinajstić information content (AvgIpc) is 3.25. The number of ether oxygens (including phenoxy) is 1. The Bertz CT molecular complexity index is 1020. The van der Waals surface area contributed by atoms with E-state index in [9.17, 15) is 0 Å². The van der Waals surface area contributed by atoms with E-state index in [0.29, 0.717) is 30.1 Å². The highest BCUT2D eigenvalue weighted by Crippen LogP contribution is 2.30. The van der Waals surface area contributed by atoms with Crippen LogP contribution in [0.1, 0.15) is 6.42 Å².